The molecular formula is C22H26N4O5. The number of hydrogen-bond acceptors (Lipinski definition) is 6. The van der Waals surface area contributed by atoms with Crippen LogP contribution in [0.2, 0.25) is 0 Å². The summed E-state index contributed by atoms with van der Waals surface area (Å²) in [4.78, 5) is 42.4. The second-order valence-electron chi connectivity index (χ2n) is 7.07. The second kappa shape index (κ2) is 10.4. The number of nitrogens with zero attached hydrogens (tertiary/aromatic N) is 3. The summed E-state index contributed by atoms with van der Waals surface area (Å²) in [5, 5.41) is 2.83. The molecule has 0 atom stereocenters. The summed E-state index contributed by atoms with van der Waals surface area (Å²) in [7, 11) is 1.58. The molecular weight excluding hydrogens is 400 g/mol. The Bertz CT molecular complexity index is 932. The molecule has 4 amide bonds. The highest BCUT2D eigenvalue weighted by Gasteiger charge is 2.32. The quantitative estimate of drug-likeness (QED) is 0.586. The van der Waals surface area contributed by atoms with Crippen LogP contribution in [0, 0.1) is 0 Å². The molecule has 164 valence electrons. The van der Waals surface area contributed by atoms with E-state index in [1.165, 1.54) is 9.80 Å². The molecule has 1 saturated heterocycles. The van der Waals surface area contributed by atoms with E-state index in [9.17, 15) is 14.4 Å². The zero-order valence-corrected chi connectivity index (χ0v) is 17.7. The lowest BCUT2D eigenvalue weighted by Crippen LogP contribution is -2.33. The van der Waals surface area contributed by atoms with Crippen LogP contribution in [0.1, 0.15) is 25.3 Å². The molecule has 1 aliphatic rings. The lowest BCUT2D eigenvalue weighted by atomic mass is 10.2. The lowest BCUT2D eigenvalue weighted by molar-refractivity contribution is -0.126. The molecule has 3 rings (SSSR count). The van der Waals surface area contributed by atoms with E-state index >= 15 is 0 Å². The largest absolute Gasteiger partial charge is 0.494 e. The number of carbonyl (C=O) groups is 3. The van der Waals surface area contributed by atoms with Crippen LogP contribution in [0.25, 0.3) is 0 Å². The molecule has 9 heteroatoms. The number of nitrogens with one attached hydrogen (secondary N) is 1. The maximum Gasteiger partial charge on any atom is 0.326 e. The Balaban J connectivity index is 1.43. The Morgan fingerprint density at radius 1 is 1.16 bits per heavy atom. The third-order valence-corrected chi connectivity index (χ3v) is 4.66. The fraction of sp³-hybridized carbons (Fsp3) is 0.364. The number of urea groups is 1. The number of imide groups is 1. The number of pyridine rings is 1. The van der Waals surface area contributed by atoms with Gasteiger partial charge in [0.1, 0.15) is 18.0 Å². The van der Waals surface area contributed by atoms with Gasteiger partial charge in [-0.25, -0.2) is 9.78 Å². The van der Waals surface area contributed by atoms with Crippen molar-refractivity contribution in [2.45, 2.75) is 26.3 Å². The third-order valence-electron chi connectivity index (χ3n) is 4.66. The van der Waals surface area contributed by atoms with Gasteiger partial charge in [0.15, 0.2) is 0 Å². The fourth-order valence-corrected chi connectivity index (χ4v) is 3.08. The highest BCUT2D eigenvalue weighted by molar-refractivity contribution is 6.01. The molecule has 31 heavy (non-hydrogen) atoms. The van der Waals surface area contributed by atoms with Crippen molar-refractivity contribution in [3.63, 3.8) is 0 Å². The van der Waals surface area contributed by atoms with Crippen molar-refractivity contribution in [2.75, 3.05) is 26.7 Å². The molecule has 2 aromatic rings. The van der Waals surface area contributed by atoms with Gasteiger partial charge in [-0.05, 0) is 49.2 Å². The summed E-state index contributed by atoms with van der Waals surface area (Å²) >= 11 is 0. The number of aromatic nitrogens is 1. The maximum absolute atomic E-state index is 12.1. The van der Waals surface area contributed by atoms with E-state index in [-0.39, 0.29) is 37.4 Å². The zero-order valence-electron chi connectivity index (χ0n) is 17.7. The van der Waals surface area contributed by atoms with Crippen LogP contribution in [0.15, 0.2) is 42.6 Å². The normalized spacial score (nSPS) is 13.5. The Hall–Kier alpha value is -3.62. The summed E-state index contributed by atoms with van der Waals surface area (Å²) in [5.41, 5.74) is 0.843. The van der Waals surface area contributed by atoms with Crippen molar-refractivity contribution in [1.29, 1.82) is 0 Å². The van der Waals surface area contributed by atoms with Gasteiger partial charge in [-0.3, -0.25) is 14.5 Å². The predicted molar refractivity (Wildman–Crippen MR) is 113 cm³/mol. The molecule has 1 aromatic carbocycles. The van der Waals surface area contributed by atoms with E-state index in [2.05, 4.69) is 10.3 Å². The van der Waals surface area contributed by atoms with Crippen LogP contribution in [0.4, 0.5) is 4.79 Å². The first-order valence-corrected chi connectivity index (χ1v) is 10.1. The van der Waals surface area contributed by atoms with Crippen LogP contribution in [0.3, 0.4) is 0 Å². The number of hydrogen-bond donors (Lipinski definition) is 1. The molecule has 1 aliphatic heterocycles. The topological polar surface area (TPSA) is 101 Å². The average molecular weight is 426 g/mol. The summed E-state index contributed by atoms with van der Waals surface area (Å²) in [6.07, 6.45) is 2.26. The van der Waals surface area contributed by atoms with Crippen molar-refractivity contribution >= 4 is 17.8 Å². The molecule has 0 saturated carbocycles. The standard InChI is InChI=1S/C22H26N4O5/c1-3-30-17-6-8-18(9-7-17)31-20-13-16(10-11-23-20)14-24-19(27)5-4-12-26-21(28)15-25(2)22(26)29/h6-11,13H,3-5,12,14-15H2,1-2H3,(H,24,27). The molecule has 0 aliphatic carbocycles. The van der Waals surface area contributed by atoms with E-state index in [4.69, 9.17) is 9.47 Å². The first-order valence-electron chi connectivity index (χ1n) is 10.1. The summed E-state index contributed by atoms with van der Waals surface area (Å²) < 4.78 is 11.2. The molecule has 1 N–H and O–H groups in total. The Morgan fingerprint density at radius 3 is 2.58 bits per heavy atom. The zero-order chi connectivity index (χ0) is 22.2. The van der Waals surface area contributed by atoms with Crippen LogP contribution in [-0.4, -0.2) is 59.4 Å². The number of amides is 4. The van der Waals surface area contributed by atoms with Crippen molar-refractivity contribution in [2.24, 2.45) is 0 Å². The number of ether oxygens (including phenoxy) is 2. The molecule has 2 heterocycles. The van der Waals surface area contributed by atoms with E-state index in [0.29, 0.717) is 31.2 Å². The second-order valence-corrected chi connectivity index (χ2v) is 7.07. The van der Waals surface area contributed by atoms with Gasteiger partial charge in [-0.2, -0.15) is 0 Å². The van der Waals surface area contributed by atoms with E-state index < -0.39 is 0 Å². The molecule has 1 fully saturated rings. The number of likely N-dealkylation sites (N-methyl/N-ethyl adjacent to an activating group) is 1. The van der Waals surface area contributed by atoms with Gasteiger partial charge in [0.25, 0.3) is 0 Å². The molecule has 0 radical (unpaired) electrons. The smallest absolute Gasteiger partial charge is 0.326 e. The minimum Gasteiger partial charge on any atom is -0.494 e. The van der Waals surface area contributed by atoms with Crippen molar-refractivity contribution in [3.8, 4) is 17.4 Å². The van der Waals surface area contributed by atoms with Crippen LogP contribution >= 0.6 is 0 Å². The van der Waals surface area contributed by atoms with E-state index in [1.54, 1.807) is 37.5 Å². The number of carbonyl (C=O) groups excluding carboxylic acids is 3. The van der Waals surface area contributed by atoms with Gasteiger partial charge in [0.2, 0.25) is 17.7 Å². The predicted octanol–water partition coefficient (Wildman–Crippen LogP) is 2.56. The third kappa shape index (κ3) is 6.18. The summed E-state index contributed by atoms with van der Waals surface area (Å²) in [5.74, 6) is 1.44. The molecule has 1 aromatic heterocycles. The van der Waals surface area contributed by atoms with E-state index in [0.717, 1.165) is 11.3 Å². The van der Waals surface area contributed by atoms with Gasteiger partial charge in [-0.15, -0.1) is 0 Å². The van der Waals surface area contributed by atoms with Gasteiger partial charge in [0, 0.05) is 38.8 Å². The highest BCUT2D eigenvalue weighted by Crippen LogP contribution is 2.23. The number of benzene rings is 1. The molecule has 0 spiro atoms. The van der Waals surface area contributed by atoms with Crippen LogP contribution in [-0.2, 0) is 16.1 Å². The maximum atomic E-state index is 12.1. The van der Waals surface area contributed by atoms with Gasteiger partial charge >= 0.3 is 6.03 Å². The van der Waals surface area contributed by atoms with Crippen molar-refractivity contribution in [1.82, 2.24) is 20.1 Å². The first kappa shape index (κ1) is 22.1. The van der Waals surface area contributed by atoms with Gasteiger partial charge in [-0.1, -0.05) is 0 Å². The SMILES string of the molecule is CCOc1ccc(Oc2cc(CNC(=O)CCCN3C(=O)CN(C)C3=O)ccn2)cc1. The average Bonchev–Trinajstić information content (AvgIpc) is 3.00. The highest BCUT2D eigenvalue weighted by atomic mass is 16.5. The first-order chi connectivity index (χ1) is 15.0. The van der Waals surface area contributed by atoms with Crippen molar-refractivity contribution < 1.29 is 23.9 Å². The molecule has 0 unspecified atom stereocenters. The minimum absolute atomic E-state index is 0.0914. The molecule has 0 bridgehead atoms. The number of rotatable bonds is 10. The monoisotopic (exact) mass is 426 g/mol. The Labute approximate surface area is 180 Å². The van der Waals surface area contributed by atoms with Crippen molar-refractivity contribution in [3.05, 3.63) is 48.2 Å². The van der Waals surface area contributed by atoms with E-state index in [1.807, 2.05) is 19.1 Å². The summed E-state index contributed by atoms with van der Waals surface area (Å²) in [6, 6.07) is 10.5. The minimum atomic E-state index is -0.317. The lowest BCUT2D eigenvalue weighted by Gasteiger charge is -2.13. The van der Waals surface area contributed by atoms with Crippen LogP contribution < -0.4 is 14.8 Å². The van der Waals surface area contributed by atoms with Gasteiger partial charge < -0.3 is 19.7 Å². The summed E-state index contributed by atoms with van der Waals surface area (Å²) in [6.45, 7) is 3.18. The van der Waals surface area contributed by atoms with Gasteiger partial charge in [0.05, 0.1) is 6.61 Å². The Kier molecular flexibility index (Phi) is 7.42. The fourth-order valence-electron chi connectivity index (χ4n) is 3.08. The van der Waals surface area contributed by atoms with Crippen LogP contribution in [0.5, 0.6) is 17.4 Å². The molecule has 9 nitrogen and oxygen atoms in total. The Morgan fingerprint density at radius 2 is 1.90 bits per heavy atom.